The molecule has 3 atom stereocenters. The Morgan fingerprint density at radius 1 is 1.37 bits per heavy atom. The van der Waals surface area contributed by atoms with Gasteiger partial charge in [0, 0.05) is 25.2 Å². The summed E-state index contributed by atoms with van der Waals surface area (Å²) >= 11 is 0. The van der Waals surface area contributed by atoms with Crippen molar-refractivity contribution in [3.63, 3.8) is 0 Å². The quantitative estimate of drug-likeness (QED) is 0.743. The van der Waals surface area contributed by atoms with E-state index in [1.807, 2.05) is 0 Å². The van der Waals surface area contributed by atoms with Gasteiger partial charge in [0.15, 0.2) is 0 Å². The molecular weight excluding hydrogens is 240 g/mol. The molecular formula is C14H28N4O. The van der Waals surface area contributed by atoms with Crippen molar-refractivity contribution < 1.29 is 4.79 Å². The first-order valence-corrected chi connectivity index (χ1v) is 7.47. The Balaban J connectivity index is 1.84. The zero-order chi connectivity index (χ0) is 14.0. The summed E-state index contributed by atoms with van der Waals surface area (Å²) in [5.74, 6) is -0.408. The summed E-state index contributed by atoms with van der Waals surface area (Å²) in [6.07, 6.45) is 4.56. The van der Waals surface area contributed by atoms with Crippen molar-refractivity contribution in [3.05, 3.63) is 0 Å². The molecule has 5 heteroatoms. The van der Waals surface area contributed by atoms with Crippen LogP contribution in [0.15, 0.2) is 0 Å². The first-order chi connectivity index (χ1) is 8.90. The number of hydrogen-bond donors (Lipinski definition) is 2. The lowest BCUT2D eigenvalue weighted by molar-refractivity contribution is -0.123. The summed E-state index contributed by atoms with van der Waals surface area (Å²) in [6, 6.07) is 1.01. The molecule has 0 saturated carbocycles. The molecule has 4 N–H and O–H groups in total. The van der Waals surface area contributed by atoms with Gasteiger partial charge in [0.25, 0.3) is 0 Å². The highest BCUT2D eigenvalue weighted by atomic mass is 16.1. The molecule has 2 aliphatic rings. The lowest BCUT2D eigenvalue weighted by Crippen LogP contribution is -2.53. The topological polar surface area (TPSA) is 75.6 Å². The molecule has 2 heterocycles. The van der Waals surface area contributed by atoms with Crippen LogP contribution in [0.5, 0.6) is 0 Å². The summed E-state index contributed by atoms with van der Waals surface area (Å²) in [4.78, 5) is 16.4. The number of rotatable bonds is 5. The van der Waals surface area contributed by atoms with E-state index in [0.717, 1.165) is 13.1 Å². The van der Waals surface area contributed by atoms with E-state index >= 15 is 0 Å². The Morgan fingerprint density at radius 2 is 2.00 bits per heavy atom. The maximum absolute atomic E-state index is 11.3. The summed E-state index contributed by atoms with van der Waals surface area (Å²) < 4.78 is 0. The van der Waals surface area contributed by atoms with Gasteiger partial charge in [0.1, 0.15) is 0 Å². The molecule has 19 heavy (non-hydrogen) atoms. The fourth-order valence-corrected chi connectivity index (χ4v) is 3.42. The van der Waals surface area contributed by atoms with Crippen LogP contribution in [0.2, 0.25) is 0 Å². The third kappa shape index (κ3) is 3.46. The molecule has 3 unspecified atom stereocenters. The van der Waals surface area contributed by atoms with E-state index in [0.29, 0.717) is 18.5 Å². The fourth-order valence-electron chi connectivity index (χ4n) is 3.42. The maximum Gasteiger partial charge on any atom is 0.237 e. The van der Waals surface area contributed by atoms with Gasteiger partial charge in [-0.15, -0.1) is 0 Å². The van der Waals surface area contributed by atoms with Crippen molar-refractivity contribution in [1.82, 2.24) is 9.80 Å². The van der Waals surface area contributed by atoms with Crippen LogP contribution in [0.25, 0.3) is 0 Å². The Morgan fingerprint density at radius 3 is 2.58 bits per heavy atom. The van der Waals surface area contributed by atoms with Crippen LogP contribution < -0.4 is 11.5 Å². The second-order valence-electron chi connectivity index (χ2n) is 6.52. The highest BCUT2D eigenvalue weighted by molar-refractivity contribution is 5.83. The Hall–Kier alpha value is -0.650. The van der Waals surface area contributed by atoms with Crippen LogP contribution in [0.4, 0.5) is 0 Å². The molecule has 0 bridgehead atoms. The van der Waals surface area contributed by atoms with E-state index in [-0.39, 0.29) is 0 Å². The van der Waals surface area contributed by atoms with E-state index < -0.39 is 11.4 Å². The highest BCUT2D eigenvalue weighted by Crippen LogP contribution is 2.24. The molecule has 5 nitrogen and oxygen atoms in total. The molecule has 0 aromatic rings. The molecule has 0 aromatic heterocycles. The minimum absolute atomic E-state index is 0.315. The lowest BCUT2D eigenvalue weighted by atomic mass is 9.93. The van der Waals surface area contributed by atoms with E-state index in [1.54, 1.807) is 6.92 Å². The average molecular weight is 268 g/mol. The van der Waals surface area contributed by atoms with Crippen LogP contribution in [-0.2, 0) is 4.79 Å². The van der Waals surface area contributed by atoms with Crippen molar-refractivity contribution in [2.45, 2.75) is 57.2 Å². The SMILES string of the molecule is CC(CC(C)(N)C(N)=O)N1CCC(N2CCCC2)C1. The summed E-state index contributed by atoms with van der Waals surface area (Å²) in [7, 11) is 0. The lowest BCUT2D eigenvalue weighted by Gasteiger charge is -2.31. The molecule has 2 rings (SSSR count). The van der Waals surface area contributed by atoms with Crippen molar-refractivity contribution in [2.24, 2.45) is 11.5 Å². The standard InChI is InChI=1S/C14H28N4O/c1-11(9-14(2,16)13(15)19)18-8-5-12(10-18)17-6-3-4-7-17/h11-12H,3-10,16H2,1-2H3,(H2,15,19). The van der Waals surface area contributed by atoms with Crippen LogP contribution >= 0.6 is 0 Å². The number of hydrogen-bond acceptors (Lipinski definition) is 4. The monoisotopic (exact) mass is 268 g/mol. The second-order valence-corrected chi connectivity index (χ2v) is 6.52. The number of amides is 1. The van der Waals surface area contributed by atoms with Gasteiger partial charge >= 0.3 is 0 Å². The third-order valence-corrected chi connectivity index (χ3v) is 4.76. The number of carbonyl (C=O) groups excluding carboxylic acids is 1. The van der Waals surface area contributed by atoms with Gasteiger partial charge in [-0.2, -0.15) is 0 Å². The predicted molar refractivity (Wildman–Crippen MR) is 76.7 cm³/mol. The number of nitrogens with zero attached hydrogens (tertiary/aromatic N) is 2. The molecule has 110 valence electrons. The Kier molecular flexibility index (Phi) is 4.48. The van der Waals surface area contributed by atoms with E-state index in [1.165, 1.54) is 32.4 Å². The van der Waals surface area contributed by atoms with Gasteiger partial charge in [-0.25, -0.2) is 0 Å². The normalized spacial score (nSPS) is 30.4. The molecule has 0 aromatic carbocycles. The number of nitrogens with two attached hydrogens (primary N) is 2. The molecule has 2 aliphatic heterocycles. The second kappa shape index (κ2) is 5.77. The van der Waals surface area contributed by atoms with Gasteiger partial charge in [0.05, 0.1) is 5.54 Å². The highest BCUT2D eigenvalue weighted by Gasteiger charge is 2.35. The van der Waals surface area contributed by atoms with Crippen LogP contribution in [-0.4, -0.2) is 59.5 Å². The van der Waals surface area contributed by atoms with Gasteiger partial charge in [-0.05, 0) is 52.6 Å². The minimum Gasteiger partial charge on any atom is -0.368 e. The number of carbonyl (C=O) groups is 1. The maximum atomic E-state index is 11.3. The Labute approximate surface area is 116 Å². The average Bonchev–Trinajstić information content (AvgIpc) is 2.99. The smallest absolute Gasteiger partial charge is 0.237 e. The fraction of sp³-hybridized carbons (Fsp3) is 0.929. The van der Waals surface area contributed by atoms with Crippen molar-refractivity contribution in [1.29, 1.82) is 0 Å². The van der Waals surface area contributed by atoms with E-state index in [2.05, 4.69) is 16.7 Å². The molecule has 1 amide bonds. The van der Waals surface area contributed by atoms with Gasteiger partial charge in [-0.3, -0.25) is 14.6 Å². The van der Waals surface area contributed by atoms with Gasteiger partial charge in [0.2, 0.25) is 5.91 Å². The summed E-state index contributed by atoms with van der Waals surface area (Å²) in [6.45, 7) is 8.61. The minimum atomic E-state index is -0.898. The van der Waals surface area contributed by atoms with Crippen molar-refractivity contribution in [2.75, 3.05) is 26.2 Å². The molecule has 0 aliphatic carbocycles. The van der Waals surface area contributed by atoms with Crippen molar-refractivity contribution in [3.8, 4) is 0 Å². The van der Waals surface area contributed by atoms with Crippen LogP contribution in [0.3, 0.4) is 0 Å². The summed E-state index contributed by atoms with van der Waals surface area (Å²) in [5.41, 5.74) is 10.4. The third-order valence-electron chi connectivity index (χ3n) is 4.76. The van der Waals surface area contributed by atoms with Crippen LogP contribution in [0.1, 0.15) is 39.5 Å². The van der Waals surface area contributed by atoms with Crippen molar-refractivity contribution >= 4 is 5.91 Å². The first kappa shape index (κ1) is 14.8. The molecule has 0 radical (unpaired) electrons. The predicted octanol–water partition coefficient (Wildman–Crippen LogP) is 0.138. The zero-order valence-electron chi connectivity index (χ0n) is 12.3. The zero-order valence-corrected chi connectivity index (χ0v) is 12.3. The first-order valence-electron chi connectivity index (χ1n) is 7.47. The van der Waals surface area contributed by atoms with Crippen LogP contribution in [0, 0.1) is 0 Å². The van der Waals surface area contributed by atoms with E-state index in [4.69, 9.17) is 11.5 Å². The van der Waals surface area contributed by atoms with E-state index in [9.17, 15) is 4.79 Å². The van der Waals surface area contributed by atoms with Gasteiger partial charge in [-0.1, -0.05) is 0 Å². The summed E-state index contributed by atoms with van der Waals surface area (Å²) in [5, 5.41) is 0. The molecule has 2 saturated heterocycles. The molecule has 2 fully saturated rings. The number of primary amides is 1. The Bertz CT molecular complexity index is 325. The largest absolute Gasteiger partial charge is 0.368 e. The van der Waals surface area contributed by atoms with Gasteiger partial charge < -0.3 is 11.5 Å². The molecule has 0 spiro atoms. The number of likely N-dealkylation sites (tertiary alicyclic amines) is 2.